The van der Waals surface area contributed by atoms with Crippen molar-refractivity contribution in [1.29, 1.82) is 0 Å². The van der Waals surface area contributed by atoms with Gasteiger partial charge in [0.05, 0.1) is 12.2 Å². The van der Waals surface area contributed by atoms with Crippen LogP contribution in [0.15, 0.2) is 65.6 Å². The summed E-state index contributed by atoms with van der Waals surface area (Å²) in [6, 6.07) is 16.7. The van der Waals surface area contributed by atoms with Crippen molar-refractivity contribution in [3.8, 4) is 11.5 Å². The van der Waals surface area contributed by atoms with E-state index in [1.165, 1.54) is 16.5 Å². The molecule has 3 unspecified atom stereocenters. The van der Waals surface area contributed by atoms with Crippen LogP contribution in [-0.4, -0.2) is 50.7 Å². The minimum Gasteiger partial charge on any atom is -0.502 e. The zero-order chi connectivity index (χ0) is 22.1. The third kappa shape index (κ3) is 3.89. The normalized spacial score (nSPS) is 17.7. The van der Waals surface area contributed by atoms with Crippen LogP contribution in [0.3, 0.4) is 0 Å². The largest absolute Gasteiger partial charge is 0.502 e. The van der Waals surface area contributed by atoms with Crippen LogP contribution in [0.25, 0.3) is 0 Å². The number of fused-ring (bicyclic) bond motifs is 1. The molecule has 31 heavy (non-hydrogen) atoms. The van der Waals surface area contributed by atoms with Crippen molar-refractivity contribution in [2.75, 3.05) is 13.6 Å². The van der Waals surface area contributed by atoms with Gasteiger partial charge in [0.2, 0.25) is 5.43 Å². The molecule has 1 aromatic heterocycles. The summed E-state index contributed by atoms with van der Waals surface area (Å²) in [6.07, 6.45) is 0.0625. The molecule has 0 fully saturated rings. The molecular weight excluding hydrogens is 398 g/mol. The monoisotopic (exact) mass is 421 g/mol. The summed E-state index contributed by atoms with van der Waals surface area (Å²) < 4.78 is 6.90. The predicted octanol–water partition coefficient (Wildman–Crippen LogP) is 2.12. The van der Waals surface area contributed by atoms with Crippen LogP contribution in [0, 0.1) is 0 Å². The number of nitrogens with zero attached hydrogens (tertiary/aromatic N) is 3. The number of amides is 1. The Morgan fingerprint density at radius 1 is 1.10 bits per heavy atom. The molecule has 0 bridgehead atoms. The summed E-state index contributed by atoms with van der Waals surface area (Å²) in [7, 11) is 1.63. The lowest BCUT2D eigenvalue weighted by Crippen LogP contribution is -2.45. The van der Waals surface area contributed by atoms with E-state index in [1.54, 1.807) is 13.1 Å². The minimum absolute atomic E-state index is 0.122. The zero-order valence-corrected chi connectivity index (χ0v) is 17.2. The number of hydrogen-bond donors (Lipinski definition) is 2. The summed E-state index contributed by atoms with van der Waals surface area (Å²) in [5.74, 6) is -0.835. The highest BCUT2D eigenvalue weighted by molar-refractivity contribution is 5.95. The van der Waals surface area contributed by atoms with Crippen LogP contribution in [0.1, 0.15) is 40.5 Å². The van der Waals surface area contributed by atoms with Crippen molar-refractivity contribution in [3.63, 3.8) is 0 Å². The third-order valence-corrected chi connectivity index (χ3v) is 5.38. The number of ether oxygens (including phenoxy) is 1. The van der Waals surface area contributed by atoms with Crippen molar-refractivity contribution < 1.29 is 19.7 Å². The second-order valence-corrected chi connectivity index (χ2v) is 7.58. The van der Waals surface area contributed by atoms with Crippen molar-refractivity contribution in [1.82, 2.24) is 14.7 Å². The second-order valence-electron chi connectivity index (χ2n) is 7.58. The van der Waals surface area contributed by atoms with Crippen LogP contribution < -0.4 is 10.2 Å². The zero-order valence-electron chi connectivity index (χ0n) is 17.2. The molecule has 2 aromatic carbocycles. The molecule has 8 heteroatoms. The van der Waals surface area contributed by atoms with Gasteiger partial charge in [-0.2, -0.15) is 5.10 Å². The highest BCUT2D eigenvalue weighted by atomic mass is 16.6. The molecule has 4 rings (SSSR count). The molecular formula is C23H23N3O5. The van der Waals surface area contributed by atoms with E-state index >= 15 is 0 Å². The molecule has 0 aliphatic carbocycles. The number of carbonyl (C=O) groups excluding carboxylic acids is 1. The highest BCUT2D eigenvalue weighted by Crippen LogP contribution is 2.39. The number of aromatic nitrogens is 2. The van der Waals surface area contributed by atoms with E-state index < -0.39 is 29.4 Å². The van der Waals surface area contributed by atoms with Crippen molar-refractivity contribution in [3.05, 3.63) is 87.8 Å². The van der Waals surface area contributed by atoms with Gasteiger partial charge in [0, 0.05) is 19.5 Å². The Morgan fingerprint density at radius 3 is 2.52 bits per heavy atom. The van der Waals surface area contributed by atoms with Gasteiger partial charge in [0.1, 0.15) is 5.75 Å². The number of hydrogen-bond acceptors (Lipinski definition) is 6. The minimum atomic E-state index is -0.965. The Bertz CT molecular complexity index is 1160. The van der Waals surface area contributed by atoms with Crippen molar-refractivity contribution in [2.45, 2.75) is 25.2 Å². The fourth-order valence-electron chi connectivity index (χ4n) is 4.05. The number of rotatable bonds is 5. The Labute approximate surface area is 178 Å². The molecule has 1 aliphatic heterocycles. The molecule has 3 atom stereocenters. The molecule has 1 amide bonds. The maximum atomic E-state index is 12.7. The molecule has 3 aromatic rings. The number of likely N-dealkylation sites (N-methyl/N-ethyl adjacent to an activating group) is 1. The summed E-state index contributed by atoms with van der Waals surface area (Å²) >= 11 is 0. The number of aliphatic hydroxyl groups is 1. The van der Waals surface area contributed by atoms with Gasteiger partial charge < -0.3 is 19.8 Å². The van der Waals surface area contributed by atoms with E-state index in [0.29, 0.717) is 12.3 Å². The molecule has 160 valence electrons. The van der Waals surface area contributed by atoms with Crippen LogP contribution in [-0.2, 0) is 0 Å². The Morgan fingerprint density at radius 2 is 1.81 bits per heavy atom. The predicted molar refractivity (Wildman–Crippen MR) is 113 cm³/mol. The van der Waals surface area contributed by atoms with E-state index in [9.17, 15) is 19.8 Å². The fourth-order valence-corrected chi connectivity index (χ4v) is 4.05. The summed E-state index contributed by atoms with van der Waals surface area (Å²) in [6.45, 7) is 1.85. The highest BCUT2D eigenvalue weighted by Gasteiger charge is 2.38. The van der Waals surface area contributed by atoms with Crippen LogP contribution in [0.2, 0.25) is 0 Å². The molecule has 2 heterocycles. The Balaban J connectivity index is 1.90. The van der Waals surface area contributed by atoms with Gasteiger partial charge in [-0.05, 0) is 30.2 Å². The summed E-state index contributed by atoms with van der Waals surface area (Å²) in [4.78, 5) is 26.2. The molecule has 0 radical (unpaired) electrons. The molecule has 0 spiro atoms. The van der Waals surface area contributed by atoms with Gasteiger partial charge in [-0.15, -0.1) is 0 Å². The molecule has 1 aliphatic rings. The molecule has 8 nitrogen and oxygen atoms in total. The van der Waals surface area contributed by atoms with E-state index in [-0.39, 0.29) is 11.6 Å². The van der Waals surface area contributed by atoms with E-state index in [0.717, 1.165) is 17.3 Å². The first-order chi connectivity index (χ1) is 14.9. The lowest BCUT2D eigenvalue weighted by atomic mass is 9.83. The van der Waals surface area contributed by atoms with Gasteiger partial charge in [-0.1, -0.05) is 42.5 Å². The average Bonchev–Trinajstić information content (AvgIpc) is 2.74. The van der Waals surface area contributed by atoms with Crippen LogP contribution in [0.4, 0.5) is 0 Å². The van der Waals surface area contributed by atoms with E-state index in [1.807, 2.05) is 48.5 Å². The molecule has 0 saturated carbocycles. The van der Waals surface area contributed by atoms with E-state index in [2.05, 4.69) is 5.10 Å². The average molecular weight is 421 g/mol. The van der Waals surface area contributed by atoms with Crippen LogP contribution in [0.5, 0.6) is 11.5 Å². The first-order valence-electron chi connectivity index (χ1n) is 9.92. The lowest BCUT2D eigenvalue weighted by molar-refractivity contribution is -0.000384. The maximum Gasteiger partial charge on any atom is 0.275 e. The van der Waals surface area contributed by atoms with Gasteiger partial charge in [0.15, 0.2) is 17.7 Å². The van der Waals surface area contributed by atoms with Gasteiger partial charge in [0.25, 0.3) is 5.91 Å². The summed E-state index contributed by atoms with van der Waals surface area (Å²) in [5.41, 5.74) is 1.03. The Hall–Kier alpha value is -3.65. The number of carbonyl (C=O) groups is 1. The smallest absolute Gasteiger partial charge is 0.275 e. The Kier molecular flexibility index (Phi) is 5.48. The quantitative estimate of drug-likeness (QED) is 0.612. The number of aromatic hydroxyl groups is 1. The first-order valence-corrected chi connectivity index (χ1v) is 9.92. The first kappa shape index (κ1) is 20.6. The van der Waals surface area contributed by atoms with Gasteiger partial charge >= 0.3 is 0 Å². The maximum absolute atomic E-state index is 12.7. The van der Waals surface area contributed by atoms with Gasteiger partial charge in [-0.25, -0.2) is 0 Å². The SMILES string of the molecule is CC(O)Oc1cccc(C(c2ccccc2)C2CN(C)C(=O)c3c(O)c(=O)cnn32)c1. The van der Waals surface area contributed by atoms with Crippen molar-refractivity contribution >= 4 is 5.91 Å². The van der Waals surface area contributed by atoms with E-state index in [4.69, 9.17) is 4.74 Å². The van der Waals surface area contributed by atoms with Gasteiger partial charge in [-0.3, -0.25) is 14.3 Å². The number of aliphatic hydroxyl groups excluding tert-OH is 1. The lowest BCUT2D eigenvalue weighted by Gasteiger charge is -2.37. The number of benzene rings is 2. The van der Waals surface area contributed by atoms with Crippen molar-refractivity contribution in [2.24, 2.45) is 0 Å². The second kappa shape index (κ2) is 8.23. The fraction of sp³-hybridized carbons (Fsp3) is 0.261. The van der Waals surface area contributed by atoms with Crippen LogP contribution >= 0.6 is 0 Å². The topological polar surface area (TPSA) is 105 Å². The summed E-state index contributed by atoms with van der Waals surface area (Å²) in [5, 5.41) is 24.2. The molecule has 0 saturated heterocycles. The standard InChI is InChI=1S/C23H23N3O5/c1-14(27)31-17-10-6-9-16(11-17)20(15-7-4-3-5-8-15)18-13-25(2)23(30)21-22(29)19(28)12-24-26(18)21/h3-12,14,18,20,27,29H,13H2,1-2H3. The molecule has 2 N–H and O–H groups in total. The third-order valence-electron chi connectivity index (χ3n) is 5.38.